The second kappa shape index (κ2) is 7.25. The molecule has 0 aliphatic carbocycles. The first-order chi connectivity index (χ1) is 10.4. The monoisotopic (exact) mass is 305 g/mol. The summed E-state index contributed by atoms with van der Waals surface area (Å²) in [5.74, 6) is -0.0296. The first-order valence-electron chi connectivity index (χ1n) is 8.03. The van der Waals surface area contributed by atoms with E-state index in [0.29, 0.717) is 13.1 Å². The molecule has 1 aliphatic rings. The molecule has 1 fully saturated rings. The van der Waals surface area contributed by atoms with Crippen molar-refractivity contribution in [3.63, 3.8) is 0 Å². The van der Waals surface area contributed by atoms with Crippen LogP contribution in [-0.4, -0.2) is 40.8 Å². The summed E-state index contributed by atoms with van der Waals surface area (Å²) < 4.78 is 5.63. The van der Waals surface area contributed by atoms with Crippen LogP contribution in [0.2, 0.25) is 0 Å². The molecule has 1 amide bonds. The Hall–Kier alpha value is -1.39. The Balaban J connectivity index is 2.14. The second-order valence-electron chi connectivity index (χ2n) is 6.82. The van der Waals surface area contributed by atoms with Gasteiger partial charge in [0.05, 0.1) is 17.6 Å². The molecule has 4 heteroatoms. The third kappa shape index (κ3) is 4.82. The fraction of sp³-hybridized carbons (Fsp3) is 0.611. The highest BCUT2D eigenvalue weighted by Gasteiger charge is 2.33. The van der Waals surface area contributed by atoms with Gasteiger partial charge in [0.2, 0.25) is 5.91 Å². The topological polar surface area (TPSA) is 49.8 Å². The Morgan fingerprint density at radius 2 is 2.05 bits per heavy atom. The van der Waals surface area contributed by atoms with Crippen LogP contribution in [0.5, 0.6) is 0 Å². The molecule has 0 radical (unpaired) electrons. The summed E-state index contributed by atoms with van der Waals surface area (Å²) in [4.78, 5) is 14.7. The van der Waals surface area contributed by atoms with Gasteiger partial charge in [-0.15, -0.1) is 0 Å². The molecular formula is C18H27NO3. The molecule has 22 heavy (non-hydrogen) atoms. The van der Waals surface area contributed by atoms with Crippen LogP contribution < -0.4 is 0 Å². The van der Waals surface area contributed by atoms with E-state index < -0.39 is 5.60 Å². The van der Waals surface area contributed by atoms with Crippen LogP contribution in [0.15, 0.2) is 30.3 Å². The van der Waals surface area contributed by atoms with Gasteiger partial charge in [-0.05, 0) is 39.2 Å². The highest BCUT2D eigenvalue weighted by Crippen LogP contribution is 2.24. The number of hydrogen-bond acceptors (Lipinski definition) is 3. The van der Waals surface area contributed by atoms with E-state index in [1.54, 1.807) is 18.7 Å². The van der Waals surface area contributed by atoms with E-state index in [1.807, 2.05) is 37.3 Å². The average molecular weight is 305 g/mol. The van der Waals surface area contributed by atoms with Crippen molar-refractivity contribution in [1.82, 2.24) is 4.90 Å². The van der Waals surface area contributed by atoms with E-state index in [0.717, 1.165) is 25.0 Å². The molecule has 1 heterocycles. The largest absolute Gasteiger partial charge is 0.389 e. The van der Waals surface area contributed by atoms with Gasteiger partial charge in [-0.25, -0.2) is 0 Å². The van der Waals surface area contributed by atoms with E-state index >= 15 is 0 Å². The quantitative estimate of drug-likeness (QED) is 0.909. The fourth-order valence-corrected chi connectivity index (χ4v) is 2.96. The van der Waals surface area contributed by atoms with E-state index in [4.69, 9.17) is 4.74 Å². The predicted octanol–water partition coefficient (Wildman–Crippen LogP) is 2.60. The second-order valence-corrected chi connectivity index (χ2v) is 6.82. The highest BCUT2D eigenvalue weighted by molar-refractivity contribution is 5.79. The SMILES string of the molecule is C[C@@H]1OCCC[C@H]1C(=O)N(Cc1ccccc1)CC(C)(C)O. The molecule has 0 spiro atoms. The van der Waals surface area contributed by atoms with E-state index in [1.165, 1.54) is 0 Å². The molecule has 2 atom stereocenters. The molecule has 1 aliphatic heterocycles. The van der Waals surface area contributed by atoms with Crippen LogP contribution in [0, 0.1) is 5.92 Å². The number of ether oxygens (including phenoxy) is 1. The van der Waals surface area contributed by atoms with Crippen molar-refractivity contribution in [1.29, 1.82) is 0 Å². The molecule has 1 saturated heterocycles. The first-order valence-corrected chi connectivity index (χ1v) is 8.03. The minimum Gasteiger partial charge on any atom is -0.389 e. The number of amides is 1. The first kappa shape index (κ1) is 17.0. The highest BCUT2D eigenvalue weighted by atomic mass is 16.5. The molecule has 0 bridgehead atoms. The maximum absolute atomic E-state index is 12.9. The number of carbonyl (C=O) groups excluding carboxylic acids is 1. The van der Waals surface area contributed by atoms with Gasteiger partial charge in [-0.1, -0.05) is 30.3 Å². The molecule has 122 valence electrons. The van der Waals surface area contributed by atoms with Crippen LogP contribution in [0.1, 0.15) is 39.2 Å². The van der Waals surface area contributed by atoms with Crippen LogP contribution >= 0.6 is 0 Å². The number of carbonyl (C=O) groups is 1. The van der Waals surface area contributed by atoms with Gasteiger partial charge in [0, 0.05) is 19.7 Å². The van der Waals surface area contributed by atoms with Crippen molar-refractivity contribution < 1.29 is 14.6 Å². The fourth-order valence-electron chi connectivity index (χ4n) is 2.96. The van der Waals surface area contributed by atoms with Gasteiger partial charge < -0.3 is 14.7 Å². The molecule has 0 unspecified atom stereocenters. The smallest absolute Gasteiger partial charge is 0.228 e. The van der Waals surface area contributed by atoms with Gasteiger partial charge in [0.25, 0.3) is 0 Å². The van der Waals surface area contributed by atoms with Crippen LogP contribution in [0.4, 0.5) is 0 Å². The lowest BCUT2D eigenvalue weighted by Gasteiger charge is -2.35. The molecule has 1 N–H and O–H groups in total. The molecule has 1 aromatic rings. The number of rotatable bonds is 5. The Labute approximate surface area is 133 Å². The molecular weight excluding hydrogens is 278 g/mol. The van der Waals surface area contributed by atoms with Gasteiger partial charge >= 0.3 is 0 Å². The number of nitrogens with zero attached hydrogens (tertiary/aromatic N) is 1. The van der Waals surface area contributed by atoms with Gasteiger partial charge in [-0.2, -0.15) is 0 Å². The zero-order valence-electron chi connectivity index (χ0n) is 13.8. The summed E-state index contributed by atoms with van der Waals surface area (Å²) >= 11 is 0. The Morgan fingerprint density at radius 1 is 1.36 bits per heavy atom. The standard InChI is InChI=1S/C18H27NO3/c1-14-16(10-7-11-22-14)17(20)19(13-18(2,3)21)12-15-8-5-4-6-9-15/h4-6,8-9,14,16,21H,7,10-13H2,1-3H3/t14-,16+/m0/s1. The Bertz CT molecular complexity index is 481. The summed E-state index contributed by atoms with van der Waals surface area (Å²) in [7, 11) is 0. The molecule has 2 rings (SSSR count). The normalized spacial score (nSPS) is 22.4. The van der Waals surface area contributed by atoms with Crippen LogP contribution in [0.3, 0.4) is 0 Å². The molecule has 4 nitrogen and oxygen atoms in total. The summed E-state index contributed by atoms with van der Waals surface area (Å²) in [6.07, 6.45) is 1.72. The van der Waals surface area contributed by atoms with Gasteiger partial charge in [0.15, 0.2) is 0 Å². The molecule has 0 aromatic heterocycles. The summed E-state index contributed by atoms with van der Waals surface area (Å²) in [5, 5.41) is 10.2. The van der Waals surface area contributed by atoms with Crippen LogP contribution in [-0.2, 0) is 16.1 Å². The lowest BCUT2D eigenvalue weighted by atomic mass is 9.93. The lowest BCUT2D eigenvalue weighted by Crippen LogP contribution is -2.47. The number of benzene rings is 1. The molecule has 1 aromatic carbocycles. The zero-order valence-corrected chi connectivity index (χ0v) is 13.8. The van der Waals surface area contributed by atoms with E-state index in [2.05, 4.69) is 0 Å². The lowest BCUT2D eigenvalue weighted by molar-refractivity contribution is -0.147. The van der Waals surface area contributed by atoms with Crippen molar-refractivity contribution >= 4 is 5.91 Å². The summed E-state index contributed by atoms with van der Waals surface area (Å²) in [6, 6.07) is 9.91. The minimum atomic E-state index is -0.913. The van der Waals surface area contributed by atoms with Gasteiger partial charge in [-0.3, -0.25) is 4.79 Å². The zero-order chi connectivity index (χ0) is 16.2. The summed E-state index contributed by atoms with van der Waals surface area (Å²) in [5.41, 5.74) is 0.160. The third-order valence-corrected chi connectivity index (χ3v) is 4.03. The summed E-state index contributed by atoms with van der Waals surface area (Å²) in [6.45, 7) is 7.01. The number of aliphatic hydroxyl groups is 1. The van der Waals surface area contributed by atoms with Gasteiger partial charge in [0.1, 0.15) is 0 Å². The van der Waals surface area contributed by atoms with Crippen molar-refractivity contribution in [2.45, 2.75) is 51.9 Å². The maximum Gasteiger partial charge on any atom is 0.228 e. The van der Waals surface area contributed by atoms with Crippen molar-refractivity contribution in [3.05, 3.63) is 35.9 Å². The van der Waals surface area contributed by atoms with Crippen molar-refractivity contribution in [2.24, 2.45) is 5.92 Å². The maximum atomic E-state index is 12.9. The minimum absolute atomic E-state index is 0.0543. The molecule has 0 saturated carbocycles. The van der Waals surface area contributed by atoms with Crippen molar-refractivity contribution in [2.75, 3.05) is 13.2 Å². The average Bonchev–Trinajstić information content (AvgIpc) is 2.46. The third-order valence-electron chi connectivity index (χ3n) is 4.03. The predicted molar refractivity (Wildman–Crippen MR) is 86.3 cm³/mol. The van der Waals surface area contributed by atoms with E-state index in [-0.39, 0.29) is 17.9 Å². The Kier molecular flexibility index (Phi) is 5.59. The van der Waals surface area contributed by atoms with Crippen molar-refractivity contribution in [3.8, 4) is 0 Å². The van der Waals surface area contributed by atoms with E-state index in [9.17, 15) is 9.90 Å². The van der Waals surface area contributed by atoms with Crippen LogP contribution in [0.25, 0.3) is 0 Å². The Morgan fingerprint density at radius 3 is 2.64 bits per heavy atom. The number of hydrogen-bond donors (Lipinski definition) is 1.